The van der Waals surface area contributed by atoms with E-state index in [9.17, 15) is 4.39 Å². The van der Waals surface area contributed by atoms with Crippen molar-refractivity contribution in [2.75, 3.05) is 24.7 Å². The second kappa shape index (κ2) is 6.94. The number of hydrogen-bond donors (Lipinski definition) is 2. The van der Waals surface area contributed by atoms with Crippen LogP contribution in [0.25, 0.3) is 22.3 Å². The summed E-state index contributed by atoms with van der Waals surface area (Å²) in [5.74, 6) is -0.357. The van der Waals surface area contributed by atoms with Crippen LogP contribution in [-0.2, 0) is 6.42 Å². The van der Waals surface area contributed by atoms with Gasteiger partial charge in [-0.1, -0.05) is 17.7 Å². The average Bonchev–Trinajstić information content (AvgIpc) is 3.14. The molecular weight excluding hydrogens is 385 g/mol. The Morgan fingerprint density at radius 1 is 1.23 bits per heavy atom. The summed E-state index contributed by atoms with van der Waals surface area (Å²) >= 11 is 0. The molecule has 5 rings (SSSR count). The molecule has 0 spiro atoms. The van der Waals surface area contributed by atoms with Gasteiger partial charge in [-0.3, -0.25) is 0 Å². The van der Waals surface area contributed by atoms with E-state index < -0.39 is 5.82 Å². The Hall–Kier alpha value is -3.75. The van der Waals surface area contributed by atoms with Crippen LogP contribution in [-0.4, -0.2) is 38.4 Å². The molecule has 4 heterocycles. The number of nitrogens with two attached hydrogens (primary N) is 1. The molecule has 0 aliphatic carbocycles. The van der Waals surface area contributed by atoms with Gasteiger partial charge in [-0.2, -0.15) is 5.10 Å². The van der Waals surface area contributed by atoms with E-state index in [-0.39, 0.29) is 17.7 Å². The quantitative estimate of drug-likeness (QED) is 0.540. The first kappa shape index (κ1) is 18.3. The molecule has 30 heavy (non-hydrogen) atoms. The van der Waals surface area contributed by atoms with Crippen LogP contribution in [0.5, 0.6) is 5.88 Å². The molecule has 1 aliphatic rings. The fraction of sp³-hybridized carbons (Fsp3) is 0.238. The molecule has 1 aromatic carbocycles. The Kier molecular flexibility index (Phi) is 4.23. The van der Waals surface area contributed by atoms with Gasteiger partial charge in [-0.25, -0.2) is 24.0 Å². The zero-order valence-corrected chi connectivity index (χ0v) is 16.6. The van der Waals surface area contributed by atoms with Crippen molar-refractivity contribution in [3.8, 4) is 17.1 Å². The van der Waals surface area contributed by atoms with E-state index in [2.05, 4.69) is 45.4 Å². The van der Waals surface area contributed by atoms with Crippen molar-refractivity contribution in [2.45, 2.75) is 19.4 Å². The lowest BCUT2D eigenvalue weighted by atomic mass is 9.98. The monoisotopic (exact) mass is 405 g/mol. The third-order valence-electron chi connectivity index (χ3n) is 5.38. The topological polar surface area (TPSA) is 104 Å². The van der Waals surface area contributed by atoms with Gasteiger partial charge in [0.25, 0.3) is 0 Å². The van der Waals surface area contributed by atoms with Gasteiger partial charge in [0.2, 0.25) is 5.88 Å². The predicted octanol–water partition coefficient (Wildman–Crippen LogP) is 3.14. The molecule has 3 aromatic heterocycles. The number of hydrogen-bond acceptors (Lipinski definition) is 7. The normalized spacial score (nSPS) is 15.6. The summed E-state index contributed by atoms with van der Waals surface area (Å²) in [5, 5.41) is 8.83. The molecule has 1 aliphatic heterocycles. The van der Waals surface area contributed by atoms with E-state index in [1.165, 1.54) is 36.8 Å². The summed E-state index contributed by atoms with van der Waals surface area (Å²) in [4.78, 5) is 12.6. The predicted molar refractivity (Wildman–Crippen MR) is 112 cm³/mol. The summed E-state index contributed by atoms with van der Waals surface area (Å²) in [5.41, 5.74) is 11.3. The van der Waals surface area contributed by atoms with E-state index in [0.29, 0.717) is 28.8 Å². The van der Waals surface area contributed by atoms with Crippen LogP contribution in [0, 0.1) is 12.7 Å². The molecule has 8 nitrogen and oxygen atoms in total. The zero-order valence-electron chi connectivity index (χ0n) is 16.6. The van der Waals surface area contributed by atoms with Gasteiger partial charge in [0.05, 0.1) is 18.5 Å². The van der Waals surface area contributed by atoms with Gasteiger partial charge in [0.1, 0.15) is 17.8 Å². The number of nitrogens with zero attached hydrogens (tertiary/aromatic N) is 5. The molecule has 9 heteroatoms. The van der Waals surface area contributed by atoms with Crippen molar-refractivity contribution < 1.29 is 9.13 Å². The Bertz CT molecular complexity index is 1270. The molecule has 0 fully saturated rings. The molecule has 3 N–H and O–H groups in total. The van der Waals surface area contributed by atoms with Gasteiger partial charge in [0, 0.05) is 24.0 Å². The highest BCUT2D eigenvalue weighted by Gasteiger charge is 2.26. The number of halogens is 1. The molecule has 1 unspecified atom stereocenters. The van der Waals surface area contributed by atoms with Crippen LogP contribution < -0.4 is 15.8 Å². The number of aromatic nitrogens is 5. The maximum Gasteiger partial charge on any atom is 0.250 e. The van der Waals surface area contributed by atoms with Crippen LogP contribution in [0.2, 0.25) is 0 Å². The van der Waals surface area contributed by atoms with E-state index in [1.807, 2.05) is 4.68 Å². The molecule has 0 bridgehead atoms. The maximum atomic E-state index is 14.3. The average molecular weight is 405 g/mol. The SMILES string of the molecule is COc1ncc(-c2nn(C3CNc4ccc(C)cc4C3)c3ncnc(N)c23)cc1F. The second-order valence-electron chi connectivity index (χ2n) is 7.37. The van der Waals surface area contributed by atoms with Crippen molar-refractivity contribution in [3.05, 3.63) is 53.7 Å². The summed E-state index contributed by atoms with van der Waals surface area (Å²) in [6, 6.07) is 7.71. The van der Waals surface area contributed by atoms with Crippen LogP contribution in [0.3, 0.4) is 0 Å². The van der Waals surface area contributed by atoms with Gasteiger partial charge in [-0.15, -0.1) is 0 Å². The van der Waals surface area contributed by atoms with Crippen molar-refractivity contribution in [2.24, 2.45) is 0 Å². The summed E-state index contributed by atoms with van der Waals surface area (Å²) < 4.78 is 21.1. The van der Waals surface area contributed by atoms with Crippen molar-refractivity contribution in [1.82, 2.24) is 24.7 Å². The lowest BCUT2D eigenvalue weighted by molar-refractivity contribution is 0.369. The molecule has 1 atom stereocenters. The Balaban J connectivity index is 1.64. The molecular formula is C21H20FN7O. The van der Waals surface area contributed by atoms with Crippen LogP contribution in [0.1, 0.15) is 17.2 Å². The van der Waals surface area contributed by atoms with E-state index in [1.54, 1.807) is 0 Å². The smallest absolute Gasteiger partial charge is 0.250 e. The Morgan fingerprint density at radius 2 is 2.10 bits per heavy atom. The third kappa shape index (κ3) is 2.90. The number of nitrogens with one attached hydrogen (secondary N) is 1. The van der Waals surface area contributed by atoms with Gasteiger partial charge in [0.15, 0.2) is 11.5 Å². The van der Waals surface area contributed by atoms with Gasteiger partial charge in [-0.05, 0) is 31.0 Å². The number of nitrogen functional groups attached to an aromatic ring is 1. The number of benzene rings is 1. The van der Waals surface area contributed by atoms with Crippen molar-refractivity contribution in [1.29, 1.82) is 0 Å². The minimum atomic E-state index is -0.572. The van der Waals surface area contributed by atoms with E-state index >= 15 is 0 Å². The Labute approximate surface area is 171 Å². The summed E-state index contributed by atoms with van der Waals surface area (Å²) in [7, 11) is 1.37. The van der Waals surface area contributed by atoms with Crippen molar-refractivity contribution >= 4 is 22.5 Å². The first-order valence-corrected chi connectivity index (χ1v) is 9.57. The van der Waals surface area contributed by atoms with E-state index in [4.69, 9.17) is 15.6 Å². The highest BCUT2D eigenvalue weighted by atomic mass is 19.1. The zero-order chi connectivity index (χ0) is 20.8. The van der Waals surface area contributed by atoms with Gasteiger partial charge < -0.3 is 15.8 Å². The number of aryl methyl sites for hydroxylation is 1. The molecule has 0 saturated heterocycles. The minimum Gasteiger partial charge on any atom is -0.479 e. The first-order chi connectivity index (χ1) is 14.5. The fourth-order valence-electron chi connectivity index (χ4n) is 3.95. The summed E-state index contributed by atoms with van der Waals surface area (Å²) in [6.45, 7) is 2.76. The lowest BCUT2D eigenvalue weighted by Crippen LogP contribution is -2.27. The standard InChI is InChI=1S/C21H20FN7O/c1-11-3-4-16-12(5-11)6-14(9-24-16)29-20-17(19(23)26-10-27-20)18(28-29)13-7-15(22)21(30-2)25-8-13/h3-5,7-8,10,14,24H,6,9H2,1-2H3,(H2,23,26,27). The minimum absolute atomic E-state index is 0.0147. The molecule has 0 amide bonds. The van der Waals surface area contributed by atoms with E-state index in [0.717, 1.165) is 12.1 Å². The van der Waals surface area contributed by atoms with Crippen LogP contribution >= 0.6 is 0 Å². The third-order valence-corrected chi connectivity index (χ3v) is 5.38. The molecule has 4 aromatic rings. The number of pyridine rings is 1. The second-order valence-corrected chi connectivity index (χ2v) is 7.37. The number of fused-ring (bicyclic) bond motifs is 2. The Morgan fingerprint density at radius 3 is 2.90 bits per heavy atom. The van der Waals surface area contributed by atoms with Gasteiger partial charge >= 0.3 is 0 Å². The largest absolute Gasteiger partial charge is 0.479 e. The summed E-state index contributed by atoms with van der Waals surface area (Å²) in [6.07, 6.45) is 3.72. The molecule has 0 radical (unpaired) electrons. The first-order valence-electron chi connectivity index (χ1n) is 9.57. The molecule has 152 valence electrons. The maximum absolute atomic E-state index is 14.3. The lowest BCUT2D eigenvalue weighted by Gasteiger charge is -2.27. The number of rotatable bonds is 3. The van der Waals surface area contributed by atoms with Crippen molar-refractivity contribution in [3.63, 3.8) is 0 Å². The fourth-order valence-corrected chi connectivity index (χ4v) is 3.95. The number of anilines is 2. The molecule has 0 saturated carbocycles. The van der Waals surface area contributed by atoms with Crippen LogP contribution in [0.15, 0.2) is 36.8 Å². The highest BCUT2D eigenvalue weighted by molar-refractivity contribution is 5.98. The number of methoxy groups -OCH3 is 1. The van der Waals surface area contributed by atoms with Crippen LogP contribution in [0.4, 0.5) is 15.9 Å². The number of ether oxygens (including phenoxy) is 1. The highest BCUT2D eigenvalue weighted by Crippen LogP contribution is 2.35.